The molecular weight excluding hydrogens is 443 g/mol. The van der Waals surface area contributed by atoms with Crippen LogP contribution in [0.5, 0.6) is 0 Å². The zero-order valence-corrected chi connectivity index (χ0v) is 16.5. The molecule has 1 heterocycles. The molecule has 0 aliphatic heterocycles. The Balaban J connectivity index is 2.09. The molecule has 3 N–H and O–H groups in total. The molecule has 0 aliphatic carbocycles. The van der Waals surface area contributed by atoms with Crippen LogP contribution < -0.4 is 11.2 Å². The lowest BCUT2D eigenvalue weighted by Gasteiger charge is -2.15. The number of halogens is 3. The third-order valence-corrected chi connectivity index (χ3v) is 4.61. The van der Waals surface area contributed by atoms with Gasteiger partial charge in [0.25, 0.3) is 0 Å². The molecule has 3 aromatic rings. The van der Waals surface area contributed by atoms with E-state index in [0.29, 0.717) is 16.2 Å². The normalized spacial score (nSPS) is 11.0. The molecule has 0 amide bonds. The number of carbonyl (C=O) groups excluding carboxylic acids is 1. The van der Waals surface area contributed by atoms with E-state index in [9.17, 15) is 4.79 Å². The Labute approximate surface area is 167 Å². The third-order valence-electron chi connectivity index (χ3n) is 3.81. The quantitative estimate of drug-likeness (QED) is 0.331. The number of aryl methyl sites for hydroxylation is 1. The first kappa shape index (κ1) is 19.6. The maximum Gasteiger partial charge on any atom is 0.340 e. The third kappa shape index (κ3) is 4.06. The number of aromatic nitrogens is 2. The first-order chi connectivity index (χ1) is 12.9. The monoisotopic (exact) mass is 456 g/mol. The molecule has 142 valence electrons. The van der Waals surface area contributed by atoms with Gasteiger partial charge >= 0.3 is 5.97 Å². The number of fused-ring (bicyclic) bond motifs is 1. The van der Waals surface area contributed by atoms with Crippen LogP contribution in [-0.4, -0.2) is 28.7 Å². The van der Waals surface area contributed by atoms with Crippen LogP contribution in [0.3, 0.4) is 0 Å². The number of hydrogen-bond donors (Lipinski definition) is 2. The number of nitrogens with zero attached hydrogens (tertiary/aromatic N) is 2. The summed E-state index contributed by atoms with van der Waals surface area (Å²) < 4.78 is 22.6. The minimum atomic E-state index is -0.732. The van der Waals surface area contributed by atoms with E-state index in [0.717, 1.165) is 4.47 Å². The summed E-state index contributed by atoms with van der Waals surface area (Å²) in [4.78, 5) is 20.9. The van der Waals surface area contributed by atoms with Gasteiger partial charge in [0.15, 0.2) is 5.82 Å². The molecule has 10 heteroatoms. The molecule has 0 saturated heterocycles. The summed E-state index contributed by atoms with van der Waals surface area (Å²) >= 11 is 9.52. The van der Waals surface area contributed by atoms with Crippen LogP contribution in [-0.2, 0) is 16.6 Å². The molecule has 0 saturated carbocycles. The first-order valence-electron chi connectivity index (χ1n) is 7.76. The topological polar surface area (TPSA) is 91.4 Å². The van der Waals surface area contributed by atoms with Crippen molar-refractivity contribution < 1.29 is 18.8 Å². The molecule has 0 fully saturated rings. The standard InChI is InChI=1S/C17H15BrClFN4O3/c1-24-8-22-16-13(24)7-10(17(25)26-4-5-27-21)15(14(16)20)23-12-3-2-9(18)6-11(12)19/h2-3,6-8,23H,4-5,21H2,1H3. The molecule has 0 atom stereocenters. The molecule has 7 nitrogen and oxygen atoms in total. The van der Waals surface area contributed by atoms with Gasteiger partial charge in [-0.2, -0.15) is 0 Å². The Morgan fingerprint density at radius 2 is 2.19 bits per heavy atom. The number of anilines is 2. The van der Waals surface area contributed by atoms with Crippen molar-refractivity contribution in [3.05, 3.63) is 51.5 Å². The highest BCUT2D eigenvalue weighted by molar-refractivity contribution is 9.10. The first-order valence-corrected chi connectivity index (χ1v) is 8.94. The number of nitrogens with two attached hydrogens (primary N) is 1. The van der Waals surface area contributed by atoms with Gasteiger partial charge < -0.3 is 19.5 Å². The van der Waals surface area contributed by atoms with Gasteiger partial charge in [-0.3, -0.25) is 0 Å². The predicted molar refractivity (Wildman–Crippen MR) is 104 cm³/mol. The second kappa shape index (κ2) is 8.22. The fraction of sp³-hybridized carbons (Fsp3) is 0.176. The fourth-order valence-corrected chi connectivity index (χ4v) is 3.21. The van der Waals surface area contributed by atoms with Crippen molar-refractivity contribution >= 4 is 55.9 Å². The lowest BCUT2D eigenvalue weighted by molar-refractivity contribution is 0.0318. The van der Waals surface area contributed by atoms with Crippen LogP contribution in [0.4, 0.5) is 15.8 Å². The Morgan fingerprint density at radius 3 is 2.89 bits per heavy atom. The molecule has 0 aliphatic rings. The summed E-state index contributed by atoms with van der Waals surface area (Å²) in [5, 5.41) is 3.22. The molecule has 0 unspecified atom stereocenters. The summed E-state index contributed by atoms with van der Waals surface area (Å²) in [6.07, 6.45) is 1.46. The summed E-state index contributed by atoms with van der Waals surface area (Å²) in [6, 6.07) is 6.55. The van der Waals surface area contributed by atoms with Crippen molar-refractivity contribution in [2.45, 2.75) is 0 Å². The summed E-state index contributed by atoms with van der Waals surface area (Å²) in [7, 11) is 1.70. The van der Waals surface area contributed by atoms with Gasteiger partial charge in [-0.1, -0.05) is 27.5 Å². The number of carbonyl (C=O) groups is 1. The van der Waals surface area contributed by atoms with Gasteiger partial charge in [0, 0.05) is 11.5 Å². The van der Waals surface area contributed by atoms with Gasteiger partial charge in [-0.05, 0) is 24.3 Å². The van der Waals surface area contributed by atoms with Crippen molar-refractivity contribution in [1.82, 2.24) is 9.55 Å². The van der Waals surface area contributed by atoms with Gasteiger partial charge in [0.1, 0.15) is 18.7 Å². The molecular formula is C17H15BrClFN4O3. The Hall–Kier alpha value is -2.20. The van der Waals surface area contributed by atoms with E-state index in [4.69, 9.17) is 22.2 Å². The second-order valence-corrected chi connectivity index (χ2v) is 6.92. The number of esters is 1. The predicted octanol–water partition coefficient (Wildman–Crippen LogP) is 3.92. The van der Waals surface area contributed by atoms with E-state index in [-0.39, 0.29) is 30.0 Å². The number of benzene rings is 2. The average Bonchev–Trinajstić information content (AvgIpc) is 3.00. The van der Waals surface area contributed by atoms with Crippen molar-refractivity contribution in [3.8, 4) is 0 Å². The lowest BCUT2D eigenvalue weighted by Crippen LogP contribution is -2.15. The average molecular weight is 458 g/mol. The number of nitrogens with one attached hydrogen (secondary N) is 1. The zero-order valence-electron chi connectivity index (χ0n) is 14.1. The maximum absolute atomic E-state index is 15.1. The number of imidazole rings is 1. The van der Waals surface area contributed by atoms with Crippen molar-refractivity contribution in [3.63, 3.8) is 0 Å². The Bertz CT molecular complexity index is 1010. The summed E-state index contributed by atoms with van der Waals surface area (Å²) in [5.74, 6) is 3.51. The summed E-state index contributed by atoms with van der Waals surface area (Å²) in [5.41, 5.74) is 0.911. The zero-order chi connectivity index (χ0) is 19.6. The number of ether oxygens (including phenoxy) is 1. The van der Waals surface area contributed by atoms with E-state index in [2.05, 4.69) is 31.1 Å². The summed E-state index contributed by atoms with van der Waals surface area (Å²) in [6.45, 7) is -0.0532. The second-order valence-electron chi connectivity index (χ2n) is 5.59. The van der Waals surface area contributed by atoms with Crippen LogP contribution >= 0.6 is 27.5 Å². The molecule has 3 rings (SSSR count). The van der Waals surface area contributed by atoms with Gasteiger partial charge in [0.2, 0.25) is 0 Å². The van der Waals surface area contributed by atoms with Crippen molar-refractivity contribution in [2.24, 2.45) is 12.9 Å². The highest BCUT2D eigenvalue weighted by Gasteiger charge is 2.23. The molecule has 0 bridgehead atoms. The highest BCUT2D eigenvalue weighted by Crippen LogP contribution is 2.34. The molecule has 27 heavy (non-hydrogen) atoms. The van der Waals surface area contributed by atoms with E-state index in [1.807, 2.05) is 0 Å². The van der Waals surface area contributed by atoms with Gasteiger partial charge in [-0.15, -0.1) is 0 Å². The van der Waals surface area contributed by atoms with E-state index < -0.39 is 11.8 Å². The number of rotatable bonds is 6. The Morgan fingerprint density at radius 1 is 1.41 bits per heavy atom. The fourth-order valence-electron chi connectivity index (χ4n) is 2.49. The Kier molecular flexibility index (Phi) is 5.95. The van der Waals surface area contributed by atoms with Crippen LogP contribution in [0.2, 0.25) is 5.02 Å². The number of hydrogen-bond acceptors (Lipinski definition) is 6. The smallest absolute Gasteiger partial charge is 0.340 e. The minimum Gasteiger partial charge on any atom is -0.459 e. The molecule has 1 aromatic heterocycles. The minimum absolute atomic E-state index is 0.000364. The SMILES string of the molecule is Cn1cnc2c(F)c(Nc3ccc(Br)cc3Cl)c(C(=O)OCCON)cc21. The highest BCUT2D eigenvalue weighted by atomic mass is 79.9. The van der Waals surface area contributed by atoms with Gasteiger partial charge in [0.05, 0.1) is 33.8 Å². The van der Waals surface area contributed by atoms with Crippen LogP contribution in [0, 0.1) is 5.82 Å². The molecule has 0 spiro atoms. The largest absolute Gasteiger partial charge is 0.459 e. The maximum atomic E-state index is 15.1. The van der Waals surface area contributed by atoms with Crippen LogP contribution in [0.15, 0.2) is 35.1 Å². The van der Waals surface area contributed by atoms with Crippen LogP contribution in [0.25, 0.3) is 11.0 Å². The van der Waals surface area contributed by atoms with Gasteiger partial charge in [-0.25, -0.2) is 20.1 Å². The van der Waals surface area contributed by atoms with E-state index in [1.54, 1.807) is 29.8 Å². The van der Waals surface area contributed by atoms with E-state index in [1.165, 1.54) is 12.4 Å². The van der Waals surface area contributed by atoms with E-state index >= 15 is 4.39 Å². The molecule has 2 aromatic carbocycles. The lowest BCUT2D eigenvalue weighted by atomic mass is 10.1. The van der Waals surface area contributed by atoms with Crippen molar-refractivity contribution in [2.75, 3.05) is 18.5 Å². The van der Waals surface area contributed by atoms with Crippen LogP contribution in [0.1, 0.15) is 10.4 Å². The molecule has 0 radical (unpaired) electrons. The van der Waals surface area contributed by atoms with Crippen molar-refractivity contribution in [1.29, 1.82) is 0 Å².